The van der Waals surface area contributed by atoms with Gasteiger partial charge in [-0.05, 0) is 62.3 Å². The second-order valence-corrected chi connectivity index (χ2v) is 21.2. The van der Waals surface area contributed by atoms with E-state index in [4.69, 9.17) is 18.9 Å². The van der Waals surface area contributed by atoms with Gasteiger partial charge in [0.25, 0.3) is 35.4 Å². The van der Waals surface area contributed by atoms with Crippen molar-refractivity contribution >= 4 is 88.0 Å². The lowest BCUT2D eigenvalue weighted by atomic mass is 9.90. The number of imide groups is 1. The Labute approximate surface area is 486 Å². The Morgan fingerprint density at radius 3 is 2.08 bits per heavy atom. The quantitative estimate of drug-likeness (QED) is 0.0212. The minimum Gasteiger partial charge on any atom is -0.493 e. The van der Waals surface area contributed by atoms with Gasteiger partial charge in [0.05, 0.1) is 67.6 Å². The molecule has 0 unspecified atom stereocenters. The molecule has 3 aliphatic heterocycles. The number of ether oxygens (including phenoxy) is 4. The first-order chi connectivity index (χ1) is 40.1. The van der Waals surface area contributed by atoms with Crippen LogP contribution in [0.25, 0.3) is 0 Å². The number of aliphatic imine (C=N–C) groups is 1. The smallest absolute Gasteiger partial charge is 0.309 e. The number of amides is 7. The normalized spacial score (nSPS) is 14.8. The Morgan fingerprint density at radius 1 is 0.714 bits per heavy atom. The molecule has 3 aliphatic rings. The molecule has 7 amide bonds. The Balaban J connectivity index is 0.752. The van der Waals surface area contributed by atoms with Crippen LogP contribution in [0.4, 0.5) is 22.9 Å². The van der Waals surface area contributed by atoms with Gasteiger partial charge in [-0.25, -0.2) is 4.98 Å². The van der Waals surface area contributed by atoms with Crippen LogP contribution in [0.5, 0.6) is 5.75 Å². The van der Waals surface area contributed by atoms with E-state index in [1.807, 2.05) is 20.8 Å². The highest BCUT2D eigenvalue weighted by molar-refractivity contribution is 6.13. The molecule has 4 N–H and O–H groups in total. The van der Waals surface area contributed by atoms with Gasteiger partial charge in [-0.1, -0.05) is 26.0 Å². The van der Waals surface area contributed by atoms with E-state index in [-0.39, 0.29) is 137 Å². The van der Waals surface area contributed by atoms with E-state index in [9.17, 15) is 47.9 Å². The SMILES string of the molecule is C=C1C[C@H]2C=Nc3cc(OCCCC(=O)Nc4cn(C)c(C(=O)Nc5cc(C(=O)Nc6cc(C(=O)NCCCOC(=O)[C@@H](CC(=O)CCOCCOCCCC(=O)CCN7C(=O)C=CC7=O)C(C)C)n(C)c6)n(C)c5)n4)c(C)cc3C(=O)N2C1. The maximum atomic E-state index is 13.4. The lowest BCUT2D eigenvalue weighted by molar-refractivity contribution is -0.152. The van der Waals surface area contributed by atoms with Crippen molar-refractivity contribution in [1.29, 1.82) is 0 Å². The van der Waals surface area contributed by atoms with E-state index >= 15 is 0 Å². The number of hydrogen-bond acceptors (Lipinski definition) is 16. The lowest BCUT2D eigenvalue weighted by Gasteiger charge is -2.20. The molecule has 0 bridgehead atoms. The fraction of sp³-hybridized carbons (Fsp3) is 0.458. The molecule has 448 valence electrons. The van der Waals surface area contributed by atoms with Crippen molar-refractivity contribution in [3.63, 3.8) is 0 Å². The van der Waals surface area contributed by atoms with Gasteiger partial charge in [-0.3, -0.25) is 57.8 Å². The van der Waals surface area contributed by atoms with Crippen molar-refractivity contribution in [2.45, 2.75) is 84.6 Å². The number of ketones is 2. The Hall–Kier alpha value is -8.84. The van der Waals surface area contributed by atoms with Crippen LogP contribution in [0.1, 0.15) is 119 Å². The molecule has 0 saturated carbocycles. The standard InChI is InChI=1S/C59H73N11O14/c1-36(2)44(29-43(72)16-22-82-24-23-81-19-8-11-42(71)15-18-69-52(74)13-14-53(69)75)59(80)84-21-10-17-60-55(76)47-27-39(33-66(47)5)62-56(77)48-28-40(34-67(48)6)63-57(78)54-65-50(35-68(54)7)64-51(73)12-9-20-83-49-30-46-45(26-38(49)4)58(79)70-32-37(3)25-41(70)31-61-46/h13-14,26-28,30-31,33-36,41,44H,3,8-12,15-25,29,32H2,1-2,4-7H3,(H,60,76)(H,62,77)(H,63,78)(H,64,73)/t41-,44-/m0/s1. The van der Waals surface area contributed by atoms with Gasteiger partial charge in [0.1, 0.15) is 28.7 Å². The third-order valence-corrected chi connectivity index (χ3v) is 14.2. The molecule has 4 aromatic rings. The highest BCUT2D eigenvalue weighted by atomic mass is 16.5. The van der Waals surface area contributed by atoms with Gasteiger partial charge in [0.15, 0.2) is 5.82 Å². The van der Waals surface area contributed by atoms with Gasteiger partial charge in [-0.2, -0.15) is 0 Å². The van der Waals surface area contributed by atoms with E-state index in [2.05, 4.69) is 37.8 Å². The molecular weight excluding hydrogens is 1090 g/mol. The third kappa shape index (κ3) is 17.1. The average molecular weight is 1160 g/mol. The number of imidazole rings is 1. The van der Waals surface area contributed by atoms with Crippen molar-refractivity contribution in [2.75, 3.05) is 75.2 Å². The van der Waals surface area contributed by atoms with Gasteiger partial charge >= 0.3 is 5.97 Å². The fourth-order valence-electron chi connectivity index (χ4n) is 9.55. The number of aryl methyl sites for hydroxylation is 4. The van der Waals surface area contributed by atoms with Crippen LogP contribution in [-0.2, 0) is 64.1 Å². The molecule has 6 heterocycles. The molecule has 3 aromatic heterocycles. The predicted octanol–water partition coefficient (Wildman–Crippen LogP) is 5.18. The molecule has 7 rings (SSSR count). The number of esters is 1. The number of carbonyl (C=O) groups excluding carboxylic acids is 10. The van der Waals surface area contributed by atoms with E-state index in [1.165, 1.54) is 39.6 Å². The summed E-state index contributed by atoms with van der Waals surface area (Å²) in [5, 5.41) is 11.0. The molecule has 2 atom stereocenters. The molecular formula is C59H73N11O14. The van der Waals surface area contributed by atoms with Crippen LogP contribution in [0, 0.1) is 18.8 Å². The number of hydrogen-bond donors (Lipinski definition) is 4. The summed E-state index contributed by atoms with van der Waals surface area (Å²) < 4.78 is 27.0. The summed E-state index contributed by atoms with van der Waals surface area (Å²) in [4.78, 5) is 139. The second-order valence-electron chi connectivity index (χ2n) is 21.2. The summed E-state index contributed by atoms with van der Waals surface area (Å²) in [5.74, 6) is -3.63. The Morgan fingerprint density at radius 2 is 1.38 bits per heavy atom. The lowest BCUT2D eigenvalue weighted by Crippen LogP contribution is -2.35. The summed E-state index contributed by atoms with van der Waals surface area (Å²) in [5.41, 5.74) is 3.89. The second kappa shape index (κ2) is 29.4. The number of Topliss-reactive ketones (excluding diaryl/α,β-unsaturated/α-hetero) is 2. The number of benzene rings is 1. The van der Waals surface area contributed by atoms with Crippen LogP contribution in [-0.4, -0.2) is 159 Å². The number of fused-ring (bicyclic) bond motifs is 2. The van der Waals surface area contributed by atoms with Crippen molar-refractivity contribution in [1.82, 2.24) is 33.8 Å². The summed E-state index contributed by atoms with van der Waals surface area (Å²) in [6.45, 7) is 11.5. The van der Waals surface area contributed by atoms with E-state index in [1.54, 1.807) is 61.4 Å². The van der Waals surface area contributed by atoms with Crippen molar-refractivity contribution in [3.8, 4) is 5.75 Å². The molecule has 0 spiro atoms. The first-order valence-electron chi connectivity index (χ1n) is 27.9. The molecule has 0 aliphatic carbocycles. The zero-order valence-electron chi connectivity index (χ0n) is 48.3. The van der Waals surface area contributed by atoms with Crippen LogP contribution in [0.15, 0.2) is 72.2 Å². The van der Waals surface area contributed by atoms with Gasteiger partial charge < -0.3 is 58.8 Å². The fourth-order valence-corrected chi connectivity index (χ4v) is 9.55. The van der Waals surface area contributed by atoms with E-state index in [0.717, 1.165) is 16.0 Å². The average Bonchev–Trinajstić information content (AvgIpc) is 3.32. The number of aromatic nitrogens is 4. The van der Waals surface area contributed by atoms with Crippen LogP contribution >= 0.6 is 0 Å². The molecule has 1 aromatic carbocycles. The summed E-state index contributed by atoms with van der Waals surface area (Å²) >= 11 is 0. The number of nitrogens with zero attached hydrogens (tertiary/aromatic N) is 7. The molecule has 84 heavy (non-hydrogen) atoms. The highest BCUT2D eigenvalue weighted by Crippen LogP contribution is 2.35. The first kappa shape index (κ1) is 62.8. The van der Waals surface area contributed by atoms with Crippen LogP contribution in [0.3, 0.4) is 0 Å². The number of carbonyl (C=O) groups is 10. The zero-order chi connectivity index (χ0) is 60.6. The van der Waals surface area contributed by atoms with E-state index in [0.29, 0.717) is 67.2 Å². The van der Waals surface area contributed by atoms with Crippen LogP contribution < -0.4 is 26.0 Å². The zero-order valence-corrected chi connectivity index (χ0v) is 48.3. The van der Waals surface area contributed by atoms with Crippen molar-refractivity contribution in [3.05, 3.63) is 95.5 Å². The molecule has 1 saturated heterocycles. The molecule has 0 radical (unpaired) electrons. The number of nitrogens with one attached hydrogen (secondary N) is 4. The van der Waals surface area contributed by atoms with Crippen molar-refractivity contribution < 1.29 is 66.9 Å². The largest absolute Gasteiger partial charge is 0.493 e. The molecule has 25 nitrogen and oxygen atoms in total. The summed E-state index contributed by atoms with van der Waals surface area (Å²) in [6, 6.07) is 6.40. The van der Waals surface area contributed by atoms with E-state index < -0.39 is 41.4 Å². The number of anilines is 3. The molecule has 25 heteroatoms. The highest BCUT2D eigenvalue weighted by Gasteiger charge is 2.34. The first-order valence-corrected chi connectivity index (χ1v) is 27.9. The minimum absolute atomic E-state index is 0.000623. The Bertz CT molecular complexity index is 3220. The van der Waals surface area contributed by atoms with Gasteiger partial charge in [0, 0.05) is 123 Å². The van der Waals surface area contributed by atoms with Crippen molar-refractivity contribution in [2.24, 2.45) is 38.0 Å². The van der Waals surface area contributed by atoms with Crippen LogP contribution in [0.2, 0.25) is 0 Å². The topological polar surface area (TPSA) is 302 Å². The maximum Gasteiger partial charge on any atom is 0.309 e. The Kier molecular flexibility index (Phi) is 22.0. The monoisotopic (exact) mass is 1160 g/mol. The number of rotatable bonds is 32. The summed E-state index contributed by atoms with van der Waals surface area (Å²) in [7, 11) is 4.88. The summed E-state index contributed by atoms with van der Waals surface area (Å²) in [6.07, 6.45) is 11.2. The predicted molar refractivity (Wildman–Crippen MR) is 308 cm³/mol. The maximum absolute atomic E-state index is 13.4. The van der Waals surface area contributed by atoms with Gasteiger partial charge in [-0.15, -0.1) is 0 Å². The van der Waals surface area contributed by atoms with Gasteiger partial charge in [0.2, 0.25) is 11.7 Å². The third-order valence-electron chi connectivity index (χ3n) is 14.2. The minimum atomic E-state index is -0.659. The molecule has 1 fully saturated rings.